The molecule has 2 atom stereocenters. The quantitative estimate of drug-likeness (QED) is 0.888. The molecule has 2 unspecified atom stereocenters. The Labute approximate surface area is 113 Å². The summed E-state index contributed by atoms with van der Waals surface area (Å²) < 4.78 is 5.18. The fourth-order valence-electron chi connectivity index (χ4n) is 3.26. The molecular formula is C15H20O2S. The molecule has 2 heterocycles. The topological polar surface area (TPSA) is 29.5 Å². The van der Waals surface area contributed by atoms with Crippen molar-refractivity contribution in [3.8, 4) is 5.75 Å². The van der Waals surface area contributed by atoms with E-state index in [2.05, 4.69) is 11.8 Å². The molecule has 3 rings (SSSR count). The molecule has 0 radical (unpaired) electrons. The molecule has 1 N–H and O–H groups in total. The highest BCUT2D eigenvalue weighted by molar-refractivity contribution is 8.00. The third-order valence-electron chi connectivity index (χ3n) is 4.20. The lowest BCUT2D eigenvalue weighted by molar-refractivity contribution is 0.00810. The van der Waals surface area contributed by atoms with Gasteiger partial charge >= 0.3 is 0 Å². The van der Waals surface area contributed by atoms with Crippen LogP contribution in [0.2, 0.25) is 0 Å². The summed E-state index contributed by atoms with van der Waals surface area (Å²) in [6.45, 7) is 0. The molecular weight excluding hydrogens is 244 g/mol. The Morgan fingerprint density at radius 2 is 1.78 bits per heavy atom. The van der Waals surface area contributed by atoms with Gasteiger partial charge in [0.05, 0.1) is 12.7 Å². The van der Waals surface area contributed by atoms with E-state index in [4.69, 9.17) is 4.74 Å². The maximum absolute atomic E-state index is 11.0. The summed E-state index contributed by atoms with van der Waals surface area (Å²) in [6, 6.07) is 7.94. The molecule has 2 aliphatic heterocycles. The number of fused-ring (bicyclic) bond motifs is 2. The van der Waals surface area contributed by atoms with E-state index in [1.807, 2.05) is 24.3 Å². The van der Waals surface area contributed by atoms with Crippen LogP contribution >= 0.6 is 11.8 Å². The van der Waals surface area contributed by atoms with Crippen molar-refractivity contribution in [1.29, 1.82) is 0 Å². The van der Waals surface area contributed by atoms with Crippen molar-refractivity contribution < 1.29 is 9.84 Å². The summed E-state index contributed by atoms with van der Waals surface area (Å²) in [6.07, 6.45) is 5.67. The molecule has 2 bridgehead atoms. The molecule has 98 valence electrons. The number of rotatable bonds is 2. The van der Waals surface area contributed by atoms with Crippen molar-refractivity contribution in [3.05, 3.63) is 29.8 Å². The zero-order valence-corrected chi connectivity index (χ0v) is 11.6. The summed E-state index contributed by atoms with van der Waals surface area (Å²) in [5.74, 6) is 0.854. The minimum Gasteiger partial charge on any atom is -0.497 e. The summed E-state index contributed by atoms with van der Waals surface area (Å²) in [7, 11) is 1.67. The van der Waals surface area contributed by atoms with E-state index in [0.29, 0.717) is 10.5 Å². The zero-order chi connectivity index (χ0) is 12.6. The maximum Gasteiger partial charge on any atom is 0.118 e. The Hall–Kier alpha value is -0.670. The second-order valence-electron chi connectivity index (χ2n) is 5.48. The molecule has 0 saturated carbocycles. The Morgan fingerprint density at radius 1 is 1.17 bits per heavy atom. The fourth-order valence-corrected chi connectivity index (χ4v) is 5.15. The summed E-state index contributed by atoms with van der Waals surface area (Å²) in [4.78, 5) is 0. The van der Waals surface area contributed by atoms with E-state index in [1.165, 1.54) is 19.3 Å². The lowest BCUT2D eigenvalue weighted by atomic mass is 9.80. The molecule has 2 fully saturated rings. The van der Waals surface area contributed by atoms with Gasteiger partial charge in [0.1, 0.15) is 5.75 Å². The zero-order valence-electron chi connectivity index (χ0n) is 10.8. The first-order valence-corrected chi connectivity index (χ1v) is 7.66. The fraction of sp³-hybridized carbons (Fsp3) is 0.600. The van der Waals surface area contributed by atoms with Crippen molar-refractivity contribution in [3.63, 3.8) is 0 Å². The minimum atomic E-state index is -0.618. The summed E-state index contributed by atoms with van der Waals surface area (Å²) >= 11 is 2.09. The highest BCUT2D eigenvalue weighted by Crippen LogP contribution is 2.49. The standard InChI is InChI=1S/C15H20O2S/c1-17-12-7-5-11(6-8-12)15(16)9-13-3-2-4-14(10-15)18-13/h5-8,13-14,16H,2-4,9-10H2,1H3. The lowest BCUT2D eigenvalue weighted by Gasteiger charge is -2.44. The van der Waals surface area contributed by atoms with E-state index in [-0.39, 0.29) is 0 Å². The van der Waals surface area contributed by atoms with Gasteiger partial charge in [-0.15, -0.1) is 0 Å². The normalized spacial score (nSPS) is 35.2. The van der Waals surface area contributed by atoms with E-state index in [1.54, 1.807) is 7.11 Å². The van der Waals surface area contributed by atoms with E-state index >= 15 is 0 Å². The SMILES string of the molecule is COc1ccc(C2(O)CC3CCCC(C2)S3)cc1. The van der Waals surface area contributed by atoms with Gasteiger partial charge in [-0.25, -0.2) is 0 Å². The minimum absolute atomic E-state index is 0.618. The largest absolute Gasteiger partial charge is 0.497 e. The van der Waals surface area contributed by atoms with Gasteiger partial charge in [-0.05, 0) is 43.4 Å². The van der Waals surface area contributed by atoms with Gasteiger partial charge < -0.3 is 9.84 Å². The molecule has 1 aromatic rings. The first kappa shape index (κ1) is 12.4. The van der Waals surface area contributed by atoms with Crippen molar-refractivity contribution in [2.24, 2.45) is 0 Å². The number of aliphatic hydroxyl groups is 1. The van der Waals surface area contributed by atoms with Crippen molar-refractivity contribution in [2.75, 3.05) is 7.11 Å². The van der Waals surface area contributed by atoms with Gasteiger partial charge in [-0.3, -0.25) is 0 Å². The van der Waals surface area contributed by atoms with Crippen LogP contribution in [0.3, 0.4) is 0 Å². The van der Waals surface area contributed by atoms with Crippen molar-refractivity contribution in [2.45, 2.75) is 48.2 Å². The summed E-state index contributed by atoms with van der Waals surface area (Å²) in [5.41, 5.74) is 0.438. The molecule has 1 aromatic carbocycles. The summed E-state index contributed by atoms with van der Waals surface area (Å²) in [5, 5.41) is 12.2. The van der Waals surface area contributed by atoms with Gasteiger partial charge in [-0.1, -0.05) is 18.6 Å². The van der Waals surface area contributed by atoms with Crippen LogP contribution in [0, 0.1) is 0 Å². The molecule has 2 aliphatic rings. The predicted molar refractivity (Wildman–Crippen MR) is 75.1 cm³/mol. The Kier molecular flexibility index (Phi) is 3.29. The number of hydrogen-bond acceptors (Lipinski definition) is 3. The first-order valence-electron chi connectivity index (χ1n) is 6.72. The number of benzene rings is 1. The number of methoxy groups -OCH3 is 1. The Balaban J connectivity index is 1.84. The van der Waals surface area contributed by atoms with Gasteiger partial charge in [0.15, 0.2) is 0 Å². The van der Waals surface area contributed by atoms with Gasteiger partial charge in [0, 0.05) is 10.5 Å². The molecule has 18 heavy (non-hydrogen) atoms. The second-order valence-corrected chi connectivity index (χ2v) is 7.08. The molecule has 0 aliphatic carbocycles. The van der Waals surface area contributed by atoms with Crippen molar-refractivity contribution >= 4 is 11.8 Å². The first-order chi connectivity index (χ1) is 8.69. The predicted octanol–water partition coefficient (Wildman–Crippen LogP) is 3.33. The molecule has 3 heteroatoms. The third kappa shape index (κ3) is 2.26. The lowest BCUT2D eigenvalue weighted by Crippen LogP contribution is -2.40. The van der Waals surface area contributed by atoms with Crippen LogP contribution in [0.4, 0.5) is 0 Å². The van der Waals surface area contributed by atoms with E-state index in [0.717, 1.165) is 24.2 Å². The highest BCUT2D eigenvalue weighted by atomic mass is 32.2. The number of thioether (sulfide) groups is 1. The molecule has 0 spiro atoms. The molecule has 2 nitrogen and oxygen atoms in total. The van der Waals surface area contributed by atoms with Crippen LogP contribution < -0.4 is 4.74 Å². The molecule has 2 saturated heterocycles. The number of hydrogen-bond donors (Lipinski definition) is 1. The molecule has 0 amide bonds. The smallest absolute Gasteiger partial charge is 0.118 e. The van der Waals surface area contributed by atoms with Crippen LogP contribution in [-0.2, 0) is 5.60 Å². The van der Waals surface area contributed by atoms with Crippen LogP contribution in [-0.4, -0.2) is 22.7 Å². The van der Waals surface area contributed by atoms with Crippen LogP contribution in [0.1, 0.15) is 37.7 Å². The van der Waals surface area contributed by atoms with Crippen LogP contribution in [0.15, 0.2) is 24.3 Å². The Bertz CT molecular complexity index is 403. The average Bonchev–Trinajstić information content (AvgIpc) is 2.38. The number of ether oxygens (including phenoxy) is 1. The van der Waals surface area contributed by atoms with E-state index < -0.39 is 5.60 Å². The highest BCUT2D eigenvalue weighted by Gasteiger charge is 2.42. The van der Waals surface area contributed by atoms with Crippen molar-refractivity contribution in [1.82, 2.24) is 0 Å². The Morgan fingerprint density at radius 3 is 2.33 bits per heavy atom. The average molecular weight is 264 g/mol. The van der Waals surface area contributed by atoms with Gasteiger partial charge in [0.2, 0.25) is 0 Å². The van der Waals surface area contributed by atoms with Crippen LogP contribution in [0.25, 0.3) is 0 Å². The second kappa shape index (κ2) is 4.78. The third-order valence-corrected chi connectivity index (χ3v) is 5.77. The van der Waals surface area contributed by atoms with Crippen LogP contribution in [0.5, 0.6) is 5.75 Å². The van der Waals surface area contributed by atoms with Gasteiger partial charge in [0.25, 0.3) is 0 Å². The van der Waals surface area contributed by atoms with Gasteiger partial charge in [-0.2, -0.15) is 11.8 Å². The molecule has 0 aromatic heterocycles. The maximum atomic E-state index is 11.0. The monoisotopic (exact) mass is 264 g/mol. The van der Waals surface area contributed by atoms with E-state index in [9.17, 15) is 5.11 Å².